The number of alkyl halides is 3. The van der Waals surface area contributed by atoms with Crippen LogP contribution in [0.1, 0.15) is 18.3 Å². The molecule has 1 aromatic carbocycles. The normalized spacial score (nSPS) is 12.7. The van der Waals surface area contributed by atoms with Crippen LogP contribution in [-0.2, 0) is 16.9 Å². The van der Waals surface area contributed by atoms with Gasteiger partial charge in [0.25, 0.3) is 0 Å². The first-order chi connectivity index (χ1) is 15.9. The molecule has 0 radical (unpaired) electrons. The smallest absolute Gasteiger partial charge is 0.329 e. The van der Waals surface area contributed by atoms with E-state index < -0.39 is 21.7 Å². The second-order valence-electron chi connectivity index (χ2n) is 7.32. The molecule has 0 aliphatic carbocycles. The van der Waals surface area contributed by atoms with E-state index in [0.29, 0.717) is 11.3 Å². The van der Waals surface area contributed by atoms with Crippen LogP contribution < -0.4 is 0 Å². The molecule has 0 atom stereocenters. The summed E-state index contributed by atoms with van der Waals surface area (Å²) in [6.45, 7) is 6.08. The Morgan fingerprint density at radius 1 is 1.29 bits per heavy atom. The van der Waals surface area contributed by atoms with Gasteiger partial charge >= 0.3 is 6.18 Å². The minimum atomic E-state index is -4.70. The van der Waals surface area contributed by atoms with Crippen LogP contribution in [0.5, 0.6) is 0 Å². The van der Waals surface area contributed by atoms with Crippen molar-refractivity contribution in [1.29, 1.82) is 0 Å². The molecule has 0 saturated heterocycles. The van der Waals surface area contributed by atoms with Gasteiger partial charge in [0, 0.05) is 29.4 Å². The molecule has 0 fully saturated rings. The van der Waals surface area contributed by atoms with Crippen molar-refractivity contribution in [2.75, 3.05) is 12.0 Å². The Morgan fingerprint density at radius 2 is 1.97 bits per heavy atom. The van der Waals surface area contributed by atoms with Gasteiger partial charge in [0.2, 0.25) is 0 Å². The number of hydrogen-bond acceptors (Lipinski definition) is 6. The van der Waals surface area contributed by atoms with Gasteiger partial charge in [-0.1, -0.05) is 25.1 Å². The minimum absolute atomic E-state index is 0.00400. The predicted octanol–water partition coefficient (Wildman–Crippen LogP) is 5.58. The van der Waals surface area contributed by atoms with Crippen molar-refractivity contribution in [3.8, 4) is 22.6 Å². The number of benzene rings is 1. The molecule has 2 heterocycles. The maximum atomic E-state index is 13.2. The zero-order chi connectivity index (χ0) is 25.3. The van der Waals surface area contributed by atoms with Gasteiger partial charge in [-0.05, 0) is 43.7 Å². The Balaban J connectivity index is 2.27. The van der Waals surface area contributed by atoms with E-state index in [1.54, 1.807) is 26.2 Å². The monoisotopic (exact) mass is 508 g/mol. The molecule has 180 valence electrons. The molecule has 0 amide bonds. The van der Waals surface area contributed by atoms with E-state index in [1.807, 2.05) is 30.5 Å². The minimum Gasteiger partial charge on any atom is -0.329 e. The number of aromatic nitrogens is 3. The molecule has 0 bridgehead atoms. The molecule has 0 unspecified atom stereocenters. The third-order valence-corrected chi connectivity index (χ3v) is 7.89. The topological polar surface area (TPSA) is 77.2 Å². The average molecular weight is 509 g/mol. The second kappa shape index (κ2) is 9.75. The SMILES string of the molecule is C=N/C(=C\c1nc(-c2ncc(-c3ccccc3SC)cc2S(=O)(=O)CC)n(C)c1C)C(F)(F)F. The van der Waals surface area contributed by atoms with E-state index in [0.717, 1.165) is 16.5 Å². The molecule has 2 aromatic heterocycles. The zero-order valence-corrected chi connectivity index (χ0v) is 20.6. The van der Waals surface area contributed by atoms with Crippen LogP contribution in [0.25, 0.3) is 28.7 Å². The third kappa shape index (κ3) is 4.95. The van der Waals surface area contributed by atoms with E-state index in [2.05, 4.69) is 21.7 Å². The number of hydrogen-bond donors (Lipinski definition) is 0. The zero-order valence-electron chi connectivity index (χ0n) is 19.0. The summed E-state index contributed by atoms with van der Waals surface area (Å²) in [5, 5.41) is 0. The number of aliphatic imine (C=N–C) groups is 1. The molecule has 3 rings (SSSR count). The summed E-state index contributed by atoms with van der Waals surface area (Å²) in [7, 11) is -2.16. The largest absolute Gasteiger partial charge is 0.433 e. The first-order valence-electron chi connectivity index (χ1n) is 10.1. The average Bonchev–Trinajstić information content (AvgIpc) is 3.09. The van der Waals surface area contributed by atoms with Crippen molar-refractivity contribution in [1.82, 2.24) is 14.5 Å². The van der Waals surface area contributed by atoms with E-state index in [1.165, 1.54) is 23.3 Å². The molecule has 11 heteroatoms. The van der Waals surface area contributed by atoms with Gasteiger partial charge in [0.05, 0.1) is 16.3 Å². The molecule has 0 N–H and O–H groups in total. The molecule has 0 saturated carbocycles. The standard InChI is InChI=1S/C23H23F3N4O2S2/c1-6-34(31,32)19-11-15(16-9-7-8-10-18(16)33-5)13-28-21(19)22-29-17(14(2)30(22)4)12-20(27-3)23(24,25)26/h7-13H,3,6H2,1-2,4-5H3/b20-12-. The Bertz CT molecular complexity index is 1380. The maximum Gasteiger partial charge on any atom is 0.433 e. The Kier molecular flexibility index (Phi) is 7.37. The molecule has 0 spiro atoms. The van der Waals surface area contributed by atoms with Crippen molar-refractivity contribution in [2.45, 2.75) is 29.8 Å². The van der Waals surface area contributed by atoms with Crippen molar-refractivity contribution in [3.63, 3.8) is 0 Å². The van der Waals surface area contributed by atoms with Gasteiger partial charge in [-0.2, -0.15) is 13.2 Å². The number of sulfone groups is 1. The van der Waals surface area contributed by atoms with Crippen LogP contribution in [0.3, 0.4) is 0 Å². The van der Waals surface area contributed by atoms with Gasteiger partial charge < -0.3 is 4.57 Å². The highest BCUT2D eigenvalue weighted by Crippen LogP contribution is 2.35. The summed E-state index contributed by atoms with van der Waals surface area (Å²) in [6.07, 6.45) is -0.454. The molecule has 0 aliphatic rings. The summed E-state index contributed by atoms with van der Waals surface area (Å²) in [5.41, 5.74) is 0.695. The van der Waals surface area contributed by atoms with Crippen molar-refractivity contribution < 1.29 is 21.6 Å². The molecule has 0 aliphatic heterocycles. The van der Waals surface area contributed by atoms with E-state index >= 15 is 0 Å². The lowest BCUT2D eigenvalue weighted by Crippen LogP contribution is -2.09. The molecule has 34 heavy (non-hydrogen) atoms. The highest BCUT2D eigenvalue weighted by Gasteiger charge is 2.34. The fourth-order valence-corrected chi connectivity index (χ4v) is 5.01. The van der Waals surface area contributed by atoms with Crippen LogP contribution in [0.2, 0.25) is 0 Å². The number of imidazole rings is 1. The Labute approximate surface area is 200 Å². The maximum absolute atomic E-state index is 13.2. The second-order valence-corrected chi connectivity index (χ2v) is 10.4. The van der Waals surface area contributed by atoms with Crippen LogP contribution >= 0.6 is 11.8 Å². The number of rotatable bonds is 7. The lowest BCUT2D eigenvalue weighted by Gasteiger charge is -2.13. The number of thioether (sulfide) groups is 1. The number of halogens is 3. The van der Waals surface area contributed by atoms with Crippen LogP contribution in [-0.4, -0.2) is 47.9 Å². The van der Waals surface area contributed by atoms with Crippen molar-refractivity contribution in [2.24, 2.45) is 12.0 Å². The molecular formula is C23H23F3N4O2S2. The highest BCUT2D eigenvalue weighted by atomic mass is 32.2. The van der Waals surface area contributed by atoms with E-state index in [-0.39, 0.29) is 27.9 Å². The highest BCUT2D eigenvalue weighted by molar-refractivity contribution is 7.98. The van der Waals surface area contributed by atoms with Gasteiger partial charge in [-0.15, -0.1) is 11.8 Å². The van der Waals surface area contributed by atoms with Gasteiger partial charge in [0.1, 0.15) is 11.4 Å². The lowest BCUT2D eigenvalue weighted by atomic mass is 10.1. The first-order valence-corrected chi connectivity index (χ1v) is 13.0. The Morgan fingerprint density at radius 3 is 2.56 bits per heavy atom. The van der Waals surface area contributed by atoms with Crippen LogP contribution in [0, 0.1) is 6.92 Å². The number of pyridine rings is 1. The summed E-state index contributed by atoms with van der Waals surface area (Å²) < 4.78 is 67.1. The summed E-state index contributed by atoms with van der Waals surface area (Å²) in [4.78, 5) is 12.7. The molecule has 6 nitrogen and oxygen atoms in total. The summed E-state index contributed by atoms with van der Waals surface area (Å²) >= 11 is 1.52. The lowest BCUT2D eigenvalue weighted by molar-refractivity contribution is -0.0912. The van der Waals surface area contributed by atoms with Crippen LogP contribution in [0.4, 0.5) is 13.2 Å². The fourth-order valence-electron chi connectivity index (χ4n) is 3.33. The first kappa shape index (κ1) is 25.7. The molecule has 3 aromatic rings. The van der Waals surface area contributed by atoms with E-state index in [9.17, 15) is 21.6 Å². The van der Waals surface area contributed by atoms with Gasteiger partial charge in [0.15, 0.2) is 15.7 Å². The number of nitrogens with zero attached hydrogens (tertiary/aromatic N) is 4. The quantitative estimate of drug-likeness (QED) is 0.308. The predicted molar refractivity (Wildman–Crippen MR) is 130 cm³/mol. The third-order valence-electron chi connectivity index (χ3n) is 5.35. The number of allylic oxidation sites excluding steroid dienone is 1. The van der Waals surface area contributed by atoms with Crippen molar-refractivity contribution >= 4 is 34.4 Å². The Hall–Kier alpha value is -2.92. The van der Waals surface area contributed by atoms with Crippen molar-refractivity contribution in [3.05, 3.63) is 53.6 Å². The van der Waals surface area contributed by atoms with E-state index in [4.69, 9.17) is 0 Å². The molecular weight excluding hydrogens is 485 g/mol. The van der Waals surface area contributed by atoms with Crippen LogP contribution in [0.15, 0.2) is 57.0 Å². The fraction of sp³-hybridized carbons (Fsp3) is 0.261. The van der Waals surface area contributed by atoms with Gasteiger partial charge in [-0.3, -0.25) is 9.98 Å². The summed E-state index contributed by atoms with van der Waals surface area (Å²) in [6, 6.07) is 9.08. The summed E-state index contributed by atoms with van der Waals surface area (Å²) in [5.74, 6) is -0.0459. The van der Waals surface area contributed by atoms with Gasteiger partial charge in [-0.25, -0.2) is 13.4 Å².